The molecular weight excluding hydrogens is 238 g/mol. The van der Waals surface area contributed by atoms with Crippen molar-refractivity contribution in [3.63, 3.8) is 0 Å². The van der Waals surface area contributed by atoms with Crippen LogP contribution in [0, 0.1) is 11.6 Å². The van der Waals surface area contributed by atoms with Crippen molar-refractivity contribution < 1.29 is 13.5 Å². The van der Waals surface area contributed by atoms with E-state index in [0.717, 1.165) is 6.07 Å². The highest BCUT2D eigenvalue weighted by Gasteiger charge is 2.10. The Labute approximate surface area is 103 Å². The highest BCUT2D eigenvalue weighted by Crippen LogP contribution is 2.25. The summed E-state index contributed by atoms with van der Waals surface area (Å²) in [7, 11) is 0. The summed E-state index contributed by atoms with van der Waals surface area (Å²) in [6.45, 7) is 1.80. The minimum atomic E-state index is -1.02. The van der Waals surface area contributed by atoms with Gasteiger partial charge in [0.1, 0.15) is 5.75 Å². The highest BCUT2D eigenvalue weighted by atomic mass is 19.2. The molecule has 0 amide bonds. The Balaban J connectivity index is 2.21. The Morgan fingerprint density at radius 3 is 2.61 bits per heavy atom. The van der Waals surface area contributed by atoms with E-state index in [1.165, 1.54) is 18.3 Å². The number of hydrogen-bond acceptors (Lipinski definition) is 3. The van der Waals surface area contributed by atoms with Gasteiger partial charge < -0.3 is 10.5 Å². The lowest BCUT2D eigenvalue weighted by molar-refractivity contribution is 0.414. The molecule has 18 heavy (non-hydrogen) atoms. The summed E-state index contributed by atoms with van der Waals surface area (Å²) in [5.41, 5.74) is 6.34. The molecule has 0 aliphatic rings. The summed E-state index contributed by atoms with van der Waals surface area (Å²) in [5, 5.41) is 0. The first-order valence-corrected chi connectivity index (χ1v) is 5.41. The Kier molecular flexibility index (Phi) is 3.53. The van der Waals surface area contributed by atoms with Crippen molar-refractivity contribution in [1.29, 1.82) is 0 Å². The van der Waals surface area contributed by atoms with E-state index in [0.29, 0.717) is 11.4 Å². The summed E-state index contributed by atoms with van der Waals surface area (Å²) in [6.07, 6.45) is 1.42. The summed E-state index contributed by atoms with van der Waals surface area (Å²) < 4.78 is 31.5. The Bertz CT molecular complexity index is 541. The van der Waals surface area contributed by atoms with Gasteiger partial charge in [-0.3, -0.25) is 4.98 Å². The molecule has 0 radical (unpaired) electrons. The molecule has 0 bridgehead atoms. The number of ether oxygens (including phenoxy) is 1. The zero-order valence-corrected chi connectivity index (χ0v) is 9.73. The quantitative estimate of drug-likeness (QED) is 0.910. The van der Waals surface area contributed by atoms with Crippen LogP contribution in [0.25, 0.3) is 0 Å². The molecule has 1 aromatic carbocycles. The van der Waals surface area contributed by atoms with Gasteiger partial charge >= 0.3 is 0 Å². The third kappa shape index (κ3) is 2.62. The van der Waals surface area contributed by atoms with Crippen molar-refractivity contribution >= 4 is 0 Å². The van der Waals surface area contributed by atoms with Gasteiger partial charge in [0.15, 0.2) is 11.6 Å². The molecule has 0 aliphatic heterocycles. The first kappa shape index (κ1) is 12.4. The molecule has 1 atom stereocenters. The lowest BCUT2D eigenvalue weighted by Gasteiger charge is -2.08. The van der Waals surface area contributed by atoms with Crippen molar-refractivity contribution in [2.45, 2.75) is 13.0 Å². The molecule has 0 aliphatic carbocycles. The highest BCUT2D eigenvalue weighted by molar-refractivity contribution is 5.31. The molecule has 94 valence electrons. The van der Waals surface area contributed by atoms with Crippen molar-refractivity contribution in [2.24, 2.45) is 5.73 Å². The van der Waals surface area contributed by atoms with Gasteiger partial charge in [-0.05, 0) is 31.2 Å². The average Bonchev–Trinajstić information content (AvgIpc) is 2.36. The molecule has 1 aromatic heterocycles. The molecule has 2 aromatic rings. The van der Waals surface area contributed by atoms with E-state index < -0.39 is 11.6 Å². The molecule has 2 N–H and O–H groups in total. The third-order valence-electron chi connectivity index (χ3n) is 2.37. The van der Waals surface area contributed by atoms with Crippen LogP contribution in [0.2, 0.25) is 0 Å². The van der Waals surface area contributed by atoms with Crippen LogP contribution < -0.4 is 10.5 Å². The minimum Gasteiger partial charge on any atom is -0.453 e. The van der Waals surface area contributed by atoms with Crippen LogP contribution in [-0.2, 0) is 0 Å². The van der Waals surface area contributed by atoms with Gasteiger partial charge in [-0.15, -0.1) is 0 Å². The molecular formula is C13H12F2N2O. The first-order chi connectivity index (χ1) is 8.58. The maximum absolute atomic E-state index is 13.4. The second-order valence-electron chi connectivity index (χ2n) is 3.86. The van der Waals surface area contributed by atoms with Gasteiger partial charge in [0.2, 0.25) is 5.82 Å². The van der Waals surface area contributed by atoms with E-state index in [-0.39, 0.29) is 11.8 Å². The van der Waals surface area contributed by atoms with Gasteiger partial charge in [0.25, 0.3) is 0 Å². The molecule has 0 spiro atoms. The largest absolute Gasteiger partial charge is 0.453 e. The van der Waals surface area contributed by atoms with Gasteiger partial charge in [0.05, 0.1) is 11.9 Å². The number of pyridine rings is 1. The van der Waals surface area contributed by atoms with E-state index in [1.54, 1.807) is 19.1 Å². The molecule has 5 heteroatoms. The van der Waals surface area contributed by atoms with E-state index in [2.05, 4.69) is 4.98 Å². The monoisotopic (exact) mass is 250 g/mol. The SMILES string of the molecule is C[C@H](N)c1ccc(Oc2cccc(F)c2F)cn1. The molecule has 0 saturated carbocycles. The maximum Gasteiger partial charge on any atom is 0.201 e. The van der Waals surface area contributed by atoms with Gasteiger partial charge in [-0.25, -0.2) is 4.39 Å². The fourth-order valence-electron chi connectivity index (χ4n) is 1.41. The standard InChI is InChI=1S/C13H12F2N2O/c1-8(16)11-6-5-9(7-17-11)18-12-4-2-3-10(14)13(12)15/h2-8H,16H2,1H3/t8-/m0/s1. The van der Waals surface area contributed by atoms with Crippen LogP contribution >= 0.6 is 0 Å². The Morgan fingerprint density at radius 2 is 2.00 bits per heavy atom. The number of nitrogens with two attached hydrogens (primary N) is 1. The van der Waals surface area contributed by atoms with E-state index >= 15 is 0 Å². The summed E-state index contributed by atoms with van der Waals surface area (Å²) in [6, 6.07) is 6.84. The van der Waals surface area contributed by atoms with Crippen molar-refractivity contribution in [3.05, 3.63) is 53.9 Å². The minimum absolute atomic E-state index is 0.176. The van der Waals surface area contributed by atoms with Gasteiger partial charge in [-0.2, -0.15) is 4.39 Å². The van der Waals surface area contributed by atoms with E-state index in [9.17, 15) is 8.78 Å². The van der Waals surface area contributed by atoms with Crippen molar-refractivity contribution in [3.8, 4) is 11.5 Å². The maximum atomic E-state index is 13.4. The number of aromatic nitrogens is 1. The second-order valence-corrected chi connectivity index (χ2v) is 3.86. The Morgan fingerprint density at radius 1 is 1.22 bits per heavy atom. The van der Waals surface area contributed by atoms with Gasteiger partial charge in [0, 0.05) is 6.04 Å². The second kappa shape index (κ2) is 5.10. The summed E-state index contributed by atoms with van der Waals surface area (Å²) in [5.74, 6) is -1.82. The van der Waals surface area contributed by atoms with Gasteiger partial charge in [-0.1, -0.05) is 6.07 Å². The number of rotatable bonds is 3. The smallest absolute Gasteiger partial charge is 0.201 e. The topological polar surface area (TPSA) is 48.1 Å². The number of halogens is 2. The van der Waals surface area contributed by atoms with E-state index in [4.69, 9.17) is 10.5 Å². The lowest BCUT2D eigenvalue weighted by atomic mass is 10.2. The molecule has 1 heterocycles. The molecule has 2 rings (SSSR count). The number of nitrogens with zero attached hydrogens (tertiary/aromatic N) is 1. The molecule has 0 fully saturated rings. The first-order valence-electron chi connectivity index (χ1n) is 5.41. The van der Waals surface area contributed by atoms with Crippen LogP contribution in [0.5, 0.6) is 11.5 Å². The fraction of sp³-hybridized carbons (Fsp3) is 0.154. The fourth-order valence-corrected chi connectivity index (χ4v) is 1.41. The predicted molar refractivity (Wildman–Crippen MR) is 63.3 cm³/mol. The number of benzene rings is 1. The Hall–Kier alpha value is -2.01. The molecule has 3 nitrogen and oxygen atoms in total. The molecule has 0 saturated heterocycles. The third-order valence-corrected chi connectivity index (χ3v) is 2.37. The summed E-state index contributed by atoms with van der Waals surface area (Å²) >= 11 is 0. The average molecular weight is 250 g/mol. The van der Waals surface area contributed by atoms with Crippen LogP contribution in [0.4, 0.5) is 8.78 Å². The van der Waals surface area contributed by atoms with Crippen LogP contribution in [0.1, 0.15) is 18.7 Å². The van der Waals surface area contributed by atoms with Crippen molar-refractivity contribution in [1.82, 2.24) is 4.98 Å². The van der Waals surface area contributed by atoms with Crippen LogP contribution in [0.15, 0.2) is 36.5 Å². The zero-order valence-electron chi connectivity index (χ0n) is 9.73. The zero-order chi connectivity index (χ0) is 13.1. The van der Waals surface area contributed by atoms with Crippen molar-refractivity contribution in [2.75, 3.05) is 0 Å². The van der Waals surface area contributed by atoms with E-state index in [1.807, 2.05) is 0 Å². The molecule has 0 unspecified atom stereocenters. The summed E-state index contributed by atoms with van der Waals surface area (Å²) in [4.78, 5) is 4.06. The van der Waals surface area contributed by atoms with Crippen LogP contribution in [0.3, 0.4) is 0 Å². The number of hydrogen-bond donors (Lipinski definition) is 1. The normalized spacial score (nSPS) is 12.2. The predicted octanol–water partition coefficient (Wildman–Crippen LogP) is 3.17. The van der Waals surface area contributed by atoms with Crippen LogP contribution in [-0.4, -0.2) is 4.98 Å². The lowest BCUT2D eigenvalue weighted by Crippen LogP contribution is -2.06.